The highest BCUT2D eigenvalue weighted by atomic mass is 79.9. The fourth-order valence-electron chi connectivity index (χ4n) is 2.08. The third-order valence-corrected chi connectivity index (χ3v) is 3.43. The van der Waals surface area contributed by atoms with Crippen molar-refractivity contribution in [1.82, 2.24) is 4.98 Å². The second-order valence-electron chi connectivity index (χ2n) is 4.43. The molecule has 0 aliphatic heterocycles. The normalized spacial score (nSPS) is 19.9. The van der Waals surface area contributed by atoms with Crippen molar-refractivity contribution in [2.24, 2.45) is 0 Å². The maximum Gasteiger partial charge on any atom is 0.213 e. The predicted octanol–water partition coefficient (Wildman–Crippen LogP) is 3.95. The average molecular weight is 270 g/mol. The van der Waals surface area contributed by atoms with E-state index in [0.29, 0.717) is 0 Å². The zero-order chi connectivity index (χ0) is 10.7. The van der Waals surface area contributed by atoms with E-state index in [4.69, 9.17) is 4.74 Å². The summed E-state index contributed by atoms with van der Waals surface area (Å²) in [5.74, 6) is 0.739. The Labute approximate surface area is 99.2 Å². The van der Waals surface area contributed by atoms with Crippen LogP contribution in [0.3, 0.4) is 0 Å². The van der Waals surface area contributed by atoms with Crippen molar-refractivity contribution in [3.8, 4) is 5.88 Å². The van der Waals surface area contributed by atoms with Crippen LogP contribution in [0.2, 0.25) is 0 Å². The molecule has 1 aromatic rings. The molecule has 1 aliphatic rings. The largest absolute Gasteiger partial charge is 0.471 e. The molecule has 1 fully saturated rings. The van der Waals surface area contributed by atoms with Gasteiger partial charge in [0.05, 0.1) is 0 Å². The van der Waals surface area contributed by atoms with Crippen LogP contribution in [-0.2, 0) is 0 Å². The zero-order valence-corrected chi connectivity index (χ0v) is 10.6. The second-order valence-corrected chi connectivity index (χ2v) is 5.34. The lowest BCUT2D eigenvalue weighted by Crippen LogP contribution is -2.34. The molecule has 15 heavy (non-hydrogen) atoms. The van der Waals surface area contributed by atoms with Crippen molar-refractivity contribution in [2.75, 3.05) is 0 Å². The molecule has 0 unspecified atom stereocenters. The van der Waals surface area contributed by atoms with Gasteiger partial charge in [-0.05, 0) is 54.6 Å². The van der Waals surface area contributed by atoms with E-state index in [9.17, 15) is 0 Å². The van der Waals surface area contributed by atoms with Gasteiger partial charge in [-0.15, -0.1) is 0 Å². The molecule has 0 amide bonds. The molecule has 0 bridgehead atoms. The number of ether oxygens (including phenoxy) is 1. The van der Waals surface area contributed by atoms with Gasteiger partial charge in [0.2, 0.25) is 5.88 Å². The summed E-state index contributed by atoms with van der Waals surface area (Å²) < 4.78 is 6.96. The van der Waals surface area contributed by atoms with Gasteiger partial charge >= 0.3 is 0 Å². The molecule has 1 aliphatic carbocycles. The molecule has 1 heterocycles. The Bertz CT molecular complexity index is 317. The van der Waals surface area contributed by atoms with Gasteiger partial charge in [0, 0.05) is 16.7 Å². The Morgan fingerprint density at radius 3 is 2.60 bits per heavy atom. The maximum absolute atomic E-state index is 5.97. The van der Waals surface area contributed by atoms with E-state index in [-0.39, 0.29) is 5.60 Å². The first-order chi connectivity index (χ1) is 7.18. The fourth-order valence-corrected chi connectivity index (χ4v) is 2.31. The van der Waals surface area contributed by atoms with Crippen LogP contribution >= 0.6 is 15.9 Å². The third kappa shape index (κ3) is 2.94. The number of pyridine rings is 1. The number of halogens is 1. The van der Waals surface area contributed by atoms with Crippen molar-refractivity contribution in [1.29, 1.82) is 0 Å². The molecule has 0 spiro atoms. The van der Waals surface area contributed by atoms with Crippen molar-refractivity contribution in [3.05, 3.63) is 22.8 Å². The quantitative estimate of drug-likeness (QED) is 0.811. The van der Waals surface area contributed by atoms with Gasteiger partial charge in [-0.3, -0.25) is 0 Å². The molecular formula is C12H16BrNO. The van der Waals surface area contributed by atoms with E-state index in [2.05, 4.69) is 27.8 Å². The van der Waals surface area contributed by atoms with Gasteiger partial charge in [-0.25, -0.2) is 4.98 Å². The highest BCUT2D eigenvalue weighted by molar-refractivity contribution is 9.10. The molecule has 0 radical (unpaired) electrons. The Kier molecular flexibility index (Phi) is 3.29. The summed E-state index contributed by atoms with van der Waals surface area (Å²) in [6, 6.07) is 3.89. The number of rotatable bonds is 2. The number of hydrogen-bond donors (Lipinski definition) is 0. The molecule has 0 N–H and O–H groups in total. The predicted molar refractivity (Wildman–Crippen MR) is 64.1 cm³/mol. The molecule has 1 aromatic heterocycles. The van der Waals surface area contributed by atoms with E-state index in [1.807, 2.05) is 12.1 Å². The van der Waals surface area contributed by atoms with E-state index in [1.165, 1.54) is 19.3 Å². The van der Waals surface area contributed by atoms with Gasteiger partial charge < -0.3 is 4.74 Å². The maximum atomic E-state index is 5.97. The third-order valence-electron chi connectivity index (χ3n) is 2.96. The number of nitrogens with zero attached hydrogens (tertiary/aromatic N) is 1. The Morgan fingerprint density at radius 1 is 1.27 bits per heavy atom. The van der Waals surface area contributed by atoms with Crippen LogP contribution in [0.4, 0.5) is 0 Å². The highest BCUT2D eigenvalue weighted by Crippen LogP contribution is 2.31. The summed E-state index contributed by atoms with van der Waals surface area (Å²) in [4.78, 5) is 4.25. The van der Waals surface area contributed by atoms with Crippen LogP contribution in [-0.4, -0.2) is 10.6 Å². The monoisotopic (exact) mass is 269 g/mol. The van der Waals surface area contributed by atoms with Crippen LogP contribution < -0.4 is 4.74 Å². The first-order valence-electron chi connectivity index (χ1n) is 5.49. The summed E-state index contributed by atoms with van der Waals surface area (Å²) in [6.07, 6.45) is 7.95. The molecule has 0 saturated heterocycles. The summed E-state index contributed by atoms with van der Waals surface area (Å²) >= 11 is 3.37. The number of hydrogen-bond acceptors (Lipinski definition) is 2. The minimum atomic E-state index is -0.000913. The van der Waals surface area contributed by atoms with Crippen molar-refractivity contribution >= 4 is 15.9 Å². The molecule has 1 saturated carbocycles. The van der Waals surface area contributed by atoms with Crippen molar-refractivity contribution in [2.45, 2.75) is 44.6 Å². The van der Waals surface area contributed by atoms with Gasteiger partial charge in [0.1, 0.15) is 5.60 Å². The molecule has 2 nitrogen and oxygen atoms in total. The summed E-state index contributed by atoms with van der Waals surface area (Å²) in [6.45, 7) is 2.19. The highest BCUT2D eigenvalue weighted by Gasteiger charge is 2.28. The van der Waals surface area contributed by atoms with Gasteiger partial charge in [0.15, 0.2) is 0 Å². The fraction of sp³-hybridized carbons (Fsp3) is 0.583. The van der Waals surface area contributed by atoms with Crippen molar-refractivity contribution in [3.63, 3.8) is 0 Å². The Hall–Kier alpha value is -0.570. The first-order valence-corrected chi connectivity index (χ1v) is 6.28. The van der Waals surface area contributed by atoms with E-state index in [0.717, 1.165) is 23.2 Å². The molecule has 2 rings (SSSR count). The van der Waals surface area contributed by atoms with Gasteiger partial charge in [-0.2, -0.15) is 0 Å². The average Bonchev–Trinajstić information content (AvgIpc) is 2.22. The van der Waals surface area contributed by atoms with Gasteiger partial charge in [-0.1, -0.05) is 6.42 Å². The Morgan fingerprint density at radius 2 is 2.00 bits per heavy atom. The van der Waals surface area contributed by atoms with E-state index < -0.39 is 0 Å². The van der Waals surface area contributed by atoms with Crippen molar-refractivity contribution < 1.29 is 4.74 Å². The minimum Gasteiger partial charge on any atom is -0.471 e. The summed E-state index contributed by atoms with van der Waals surface area (Å²) in [5.41, 5.74) is -0.000913. The first kappa shape index (κ1) is 10.9. The van der Waals surface area contributed by atoms with Gasteiger partial charge in [0.25, 0.3) is 0 Å². The van der Waals surface area contributed by atoms with E-state index >= 15 is 0 Å². The lowest BCUT2D eigenvalue weighted by atomic mass is 9.86. The molecule has 82 valence electrons. The van der Waals surface area contributed by atoms with Crippen LogP contribution in [0.15, 0.2) is 22.8 Å². The topological polar surface area (TPSA) is 22.1 Å². The van der Waals surface area contributed by atoms with Crippen LogP contribution in [0.25, 0.3) is 0 Å². The second kappa shape index (κ2) is 4.52. The lowest BCUT2D eigenvalue weighted by molar-refractivity contribution is 0.0441. The summed E-state index contributed by atoms with van der Waals surface area (Å²) in [7, 11) is 0. The molecule has 0 atom stereocenters. The zero-order valence-electron chi connectivity index (χ0n) is 9.00. The summed E-state index contributed by atoms with van der Waals surface area (Å²) in [5, 5.41) is 0. The smallest absolute Gasteiger partial charge is 0.213 e. The standard InChI is InChI=1S/C12H16BrNO/c1-12(7-3-2-4-8-12)15-11-6-5-10(13)9-14-11/h5-6,9H,2-4,7-8H2,1H3. The van der Waals surface area contributed by atoms with Crippen LogP contribution in [0.1, 0.15) is 39.0 Å². The lowest BCUT2D eigenvalue weighted by Gasteiger charge is -2.33. The van der Waals surface area contributed by atoms with E-state index in [1.54, 1.807) is 6.20 Å². The SMILES string of the molecule is CC1(Oc2ccc(Br)cn2)CCCCC1. The van der Waals surface area contributed by atoms with Crippen LogP contribution in [0.5, 0.6) is 5.88 Å². The molecular weight excluding hydrogens is 254 g/mol. The van der Waals surface area contributed by atoms with Crippen LogP contribution in [0, 0.1) is 0 Å². The Balaban J connectivity index is 2.03. The number of aromatic nitrogens is 1. The minimum absolute atomic E-state index is 0.000913. The molecule has 3 heteroatoms. The molecule has 0 aromatic carbocycles.